The van der Waals surface area contributed by atoms with Crippen molar-refractivity contribution in [1.82, 2.24) is 21.3 Å². The molecular weight excluding hydrogens is 248 g/mol. The molecule has 0 aliphatic heterocycles. The second-order valence-electron chi connectivity index (χ2n) is 4.88. The van der Waals surface area contributed by atoms with Crippen molar-refractivity contribution >= 4 is 0 Å². The van der Waals surface area contributed by atoms with E-state index in [0.717, 1.165) is 52.4 Å². The molecule has 0 aliphatic rings. The van der Waals surface area contributed by atoms with Gasteiger partial charge in [-0.2, -0.15) is 0 Å². The molecule has 4 heteroatoms. The summed E-state index contributed by atoms with van der Waals surface area (Å²) in [6.07, 6.45) is 0. The highest BCUT2D eigenvalue weighted by molar-refractivity contribution is 5.23. The molecule has 0 atom stereocenters. The quantitative estimate of drug-likeness (QED) is 0.432. The Labute approximate surface area is 123 Å². The van der Waals surface area contributed by atoms with E-state index in [1.54, 1.807) is 0 Å². The van der Waals surface area contributed by atoms with Crippen LogP contribution in [0.25, 0.3) is 0 Å². The van der Waals surface area contributed by atoms with Crippen LogP contribution in [0.2, 0.25) is 0 Å². The first-order valence-electron chi connectivity index (χ1n) is 7.77. The summed E-state index contributed by atoms with van der Waals surface area (Å²) in [5.74, 6) is 0. The average Bonchev–Trinajstić information content (AvgIpc) is 2.47. The van der Waals surface area contributed by atoms with E-state index in [0.29, 0.717) is 0 Å². The first-order valence-corrected chi connectivity index (χ1v) is 7.77. The molecule has 0 spiro atoms. The van der Waals surface area contributed by atoms with Gasteiger partial charge in [-0.25, -0.2) is 0 Å². The van der Waals surface area contributed by atoms with Gasteiger partial charge in [0.1, 0.15) is 0 Å². The van der Waals surface area contributed by atoms with Crippen molar-refractivity contribution in [2.24, 2.45) is 0 Å². The molecule has 1 rings (SSSR count). The van der Waals surface area contributed by atoms with Crippen LogP contribution in [0, 0.1) is 0 Å². The van der Waals surface area contributed by atoms with Gasteiger partial charge in [-0.15, -0.1) is 0 Å². The Hall–Kier alpha value is -0.940. The first-order chi connectivity index (χ1) is 9.86. The van der Waals surface area contributed by atoms with Gasteiger partial charge >= 0.3 is 0 Å². The minimum atomic E-state index is 0.941. The van der Waals surface area contributed by atoms with E-state index >= 15 is 0 Å². The van der Waals surface area contributed by atoms with E-state index in [4.69, 9.17) is 0 Å². The van der Waals surface area contributed by atoms with Crippen LogP contribution in [-0.4, -0.2) is 39.3 Å². The fraction of sp³-hybridized carbons (Fsp3) is 0.625. The summed E-state index contributed by atoms with van der Waals surface area (Å²) in [5.41, 5.74) is 2.71. The van der Waals surface area contributed by atoms with Crippen molar-refractivity contribution < 1.29 is 0 Å². The van der Waals surface area contributed by atoms with E-state index in [9.17, 15) is 0 Å². The predicted octanol–water partition coefficient (Wildman–Crippen LogP) is 1.08. The molecule has 1 aromatic rings. The topological polar surface area (TPSA) is 48.1 Å². The highest BCUT2D eigenvalue weighted by atomic mass is 14.9. The Balaban J connectivity index is 2.19. The molecule has 0 aliphatic carbocycles. The lowest BCUT2D eigenvalue weighted by Crippen LogP contribution is -2.27. The van der Waals surface area contributed by atoms with Gasteiger partial charge in [0, 0.05) is 39.3 Å². The molecule has 0 amide bonds. The van der Waals surface area contributed by atoms with Gasteiger partial charge in [-0.3, -0.25) is 0 Å². The normalized spacial score (nSPS) is 10.9. The molecule has 0 saturated carbocycles. The lowest BCUT2D eigenvalue weighted by atomic mass is 10.1. The van der Waals surface area contributed by atoms with E-state index < -0.39 is 0 Å². The predicted molar refractivity (Wildman–Crippen MR) is 86.9 cm³/mol. The van der Waals surface area contributed by atoms with Crippen molar-refractivity contribution in [3.63, 3.8) is 0 Å². The molecule has 20 heavy (non-hydrogen) atoms. The van der Waals surface area contributed by atoms with Crippen LogP contribution < -0.4 is 21.3 Å². The zero-order valence-electron chi connectivity index (χ0n) is 13.0. The number of nitrogens with one attached hydrogen (secondary N) is 4. The zero-order valence-corrected chi connectivity index (χ0v) is 13.0. The average molecular weight is 278 g/mol. The van der Waals surface area contributed by atoms with Crippen LogP contribution >= 0.6 is 0 Å². The highest BCUT2D eigenvalue weighted by Gasteiger charge is 1.96. The minimum absolute atomic E-state index is 0.941. The molecule has 1 aromatic carbocycles. The summed E-state index contributed by atoms with van der Waals surface area (Å²) in [6, 6.07) is 8.79. The van der Waals surface area contributed by atoms with Crippen molar-refractivity contribution in [3.8, 4) is 0 Å². The largest absolute Gasteiger partial charge is 0.316 e. The number of hydrogen-bond acceptors (Lipinski definition) is 4. The lowest BCUT2D eigenvalue weighted by molar-refractivity contribution is 0.619. The summed E-state index contributed by atoms with van der Waals surface area (Å²) >= 11 is 0. The van der Waals surface area contributed by atoms with Crippen LogP contribution in [0.4, 0.5) is 0 Å². The maximum Gasteiger partial charge on any atom is 0.0206 e. The molecule has 4 nitrogen and oxygen atoms in total. The van der Waals surface area contributed by atoms with Crippen molar-refractivity contribution in [2.45, 2.75) is 26.9 Å². The molecule has 0 saturated heterocycles. The zero-order chi connectivity index (χ0) is 14.5. The maximum atomic E-state index is 3.45. The minimum Gasteiger partial charge on any atom is -0.316 e. The third-order valence-electron chi connectivity index (χ3n) is 3.11. The Morgan fingerprint density at radius 3 is 1.60 bits per heavy atom. The molecule has 4 N–H and O–H groups in total. The monoisotopic (exact) mass is 278 g/mol. The van der Waals surface area contributed by atoms with Crippen LogP contribution in [0.1, 0.15) is 25.0 Å². The van der Waals surface area contributed by atoms with E-state index in [-0.39, 0.29) is 0 Å². The van der Waals surface area contributed by atoms with E-state index in [1.807, 2.05) is 0 Å². The van der Waals surface area contributed by atoms with E-state index in [2.05, 4.69) is 59.4 Å². The summed E-state index contributed by atoms with van der Waals surface area (Å²) in [5, 5.41) is 13.5. The molecule has 0 heterocycles. The SMILES string of the molecule is CCNCCNCc1cccc(CNCCNCC)c1. The van der Waals surface area contributed by atoms with Crippen LogP contribution in [-0.2, 0) is 13.1 Å². The Bertz CT molecular complexity index is 312. The third kappa shape index (κ3) is 8.27. The number of rotatable bonds is 12. The molecule has 0 bridgehead atoms. The first kappa shape index (κ1) is 17.1. The van der Waals surface area contributed by atoms with Crippen LogP contribution in [0.5, 0.6) is 0 Å². The maximum absolute atomic E-state index is 3.45. The van der Waals surface area contributed by atoms with Crippen LogP contribution in [0.15, 0.2) is 24.3 Å². The van der Waals surface area contributed by atoms with Gasteiger partial charge in [0.25, 0.3) is 0 Å². The summed E-state index contributed by atoms with van der Waals surface area (Å²) in [4.78, 5) is 0. The van der Waals surface area contributed by atoms with Crippen molar-refractivity contribution in [2.75, 3.05) is 39.3 Å². The number of benzene rings is 1. The summed E-state index contributed by atoms with van der Waals surface area (Å²) < 4.78 is 0. The molecule has 0 aromatic heterocycles. The van der Waals surface area contributed by atoms with E-state index in [1.165, 1.54) is 11.1 Å². The van der Waals surface area contributed by atoms with Gasteiger partial charge in [0.05, 0.1) is 0 Å². The second-order valence-corrected chi connectivity index (χ2v) is 4.88. The number of hydrogen-bond donors (Lipinski definition) is 4. The fourth-order valence-corrected chi connectivity index (χ4v) is 2.02. The van der Waals surface area contributed by atoms with Crippen molar-refractivity contribution in [1.29, 1.82) is 0 Å². The molecular formula is C16H30N4. The number of likely N-dealkylation sites (N-methyl/N-ethyl adjacent to an activating group) is 2. The van der Waals surface area contributed by atoms with Crippen LogP contribution in [0.3, 0.4) is 0 Å². The second kappa shape index (κ2) is 11.9. The summed E-state index contributed by atoms with van der Waals surface area (Å²) in [6.45, 7) is 12.3. The third-order valence-corrected chi connectivity index (χ3v) is 3.11. The van der Waals surface area contributed by atoms with Gasteiger partial charge in [-0.1, -0.05) is 38.1 Å². The molecule has 0 unspecified atom stereocenters. The Kier molecular flexibility index (Phi) is 10.1. The Morgan fingerprint density at radius 1 is 0.700 bits per heavy atom. The molecule has 0 fully saturated rings. The van der Waals surface area contributed by atoms with Crippen molar-refractivity contribution in [3.05, 3.63) is 35.4 Å². The smallest absolute Gasteiger partial charge is 0.0206 e. The summed E-state index contributed by atoms with van der Waals surface area (Å²) in [7, 11) is 0. The molecule has 114 valence electrons. The standard InChI is InChI=1S/C16H30N4/c1-3-17-8-10-19-13-15-6-5-7-16(12-15)14-20-11-9-18-4-2/h5-7,12,17-20H,3-4,8-11,13-14H2,1-2H3. The van der Waals surface area contributed by atoms with Gasteiger partial charge in [-0.05, 0) is 24.2 Å². The van der Waals surface area contributed by atoms with Gasteiger partial charge in [0.15, 0.2) is 0 Å². The molecule has 0 radical (unpaired) electrons. The van der Waals surface area contributed by atoms with Gasteiger partial charge in [0.2, 0.25) is 0 Å². The Morgan fingerprint density at radius 2 is 1.15 bits per heavy atom. The van der Waals surface area contributed by atoms with Gasteiger partial charge < -0.3 is 21.3 Å². The lowest BCUT2D eigenvalue weighted by Gasteiger charge is -2.09. The highest BCUT2D eigenvalue weighted by Crippen LogP contribution is 2.04. The fourth-order valence-electron chi connectivity index (χ4n) is 2.02.